The molecule has 4 aromatic rings. The molecule has 0 unspecified atom stereocenters. The summed E-state index contributed by atoms with van der Waals surface area (Å²) in [6.07, 6.45) is 5.95. The summed E-state index contributed by atoms with van der Waals surface area (Å²) in [6, 6.07) is 9.88. The highest BCUT2D eigenvalue weighted by molar-refractivity contribution is 7.09. The van der Waals surface area contributed by atoms with Crippen LogP contribution in [0.2, 0.25) is 5.02 Å². The van der Waals surface area contributed by atoms with Crippen molar-refractivity contribution in [2.75, 3.05) is 5.32 Å². The Morgan fingerprint density at radius 1 is 1.19 bits per heavy atom. The Morgan fingerprint density at radius 2 is 2.15 bits per heavy atom. The van der Waals surface area contributed by atoms with Crippen LogP contribution in [-0.2, 0) is 13.0 Å². The lowest BCUT2D eigenvalue weighted by atomic mass is 10.1. The van der Waals surface area contributed by atoms with Gasteiger partial charge in [0, 0.05) is 30.8 Å². The number of aromatic nitrogens is 4. The standard InChI is InChI=1S/C19H13ClN6S/c20-13-3-1-2-11-8-12(17(26-16(11)13)15-5-7-25-27-15)9-22-19-18-14(4-6-21-18)23-10-24-19/h1-3,5-8,10H,4,9H2,(H,22,23,24). The van der Waals surface area contributed by atoms with E-state index in [-0.39, 0.29) is 0 Å². The van der Waals surface area contributed by atoms with Gasteiger partial charge in [-0.15, -0.1) is 0 Å². The molecule has 1 N–H and O–H groups in total. The predicted octanol–water partition coefficient (Wildman–Crippen LogP) is 4.67. The van der Waals surface area contributed by atoms with E-state index in [0.29, 0.717) is 11.6 Å². The molecule has 1 aromatic carbocycles. The average Bonchev–Trinajstić information content (AvgIpc) is 3.38. The van der Waals surface area contributed by atoms with Gasteiger partial charge in [0.1, 0.15) is 12.0 Å². The quantitative estimate of drug-likeness (QED) is 0.546. The molecule has 0 radical (unpaired) electrons. The highest BCUT2D eigenvalue weighted by Gasteiger charge is 2.16. The van der Waals surface area contributed by atoms with E-state index in [9.17, 15) is 0 Å². The Bertz CT molecular complexity index is 1170. The minimum Gasteiger partial charge on any atom is -0.364 e. The molecular weight excluding hydrogens is 380 g/mol. The summed E-state index contributed by atoms with van der Waals surface area (Å²) in [5.41, 5.74) is 4.47. The molecule has 6 nitrogen and oxygen atoms in total. The summed E-state index contributed by atoms with van der Waals surface area (Å²) in [4.78, 5) is 18.9. The number of fused-ring (bicyclic) bond motifs is 2. The number of halogens is 1. The number of para-hydroxylation sites is 1. The maximum Gasteiger partial charge on any atom is 0.155 e. The molecule has 132 valence electrons. The monoisotopic (exact) mass is 392 g/mol. The van der Waals surface area contributed by atoms with Gasteiger partial charge in [0.25, 0.3) is 0 Å². The van der Waals surface area contributed by atoms with Gasteiger partial charge in [-0.1, -0.05) is 23.7 Å². The zero-order chi connectivity index (χ0) is 18.2. The number of nitrogens with zero attached hydrogens (tertiary/aromatic N) is 5. The summed E-state index contributed by atoms with van der Waals surface area (Å²) >= 11 is 7.77. The van der Waals surface area contributed by atoms with Crippen LogP contribution in [0.15, 0.2) is 47.8 Å². The molecule has 0 saturated carbocycles. The number of hydrogen-bond acceptors (Lipinski definition) is 7. The zero-order valence-corrected chi connectivity index (χ0v) is 15.6. The molecule has 1 aliphatic heterocycles. The second kappa shape index (κ2) is 6.68. The van der Waals surface area contributed by atoms with Crippen LogP contribution in [0, 0.1) is 0 Å². The molecule has 0 aliphatic carbocycles. The van der Waals surface area contributed by atoms with Gasteiger partial charge in [0.15, 0.2) is 5.82 Å². The van der Waals surface area contributed by atoms with E-state index < -0.39 is 0 Å². The zero-order valence-electron chi connectivity index (χ0n) is 14.1. The van der Waals surface area contributed by atoms with Crippen molar-refractivity contribution in [3.63, 3.8) is 0 Å². The van der Waals surface area contributed by atoms with Gasteiger partial charge in [-0.05, 0) is 35.3 Å². The lowest BCUT2D eigenvalue weighted by molar-refractivity contribution is 1.05. The molecule has 27 heavy (non-hydrogen) atoms. The fraction of sp³-hybridized carbons (Fsp3) is 0.105. The molecule has 0 saturated heterocycles. The lowest BCUT2D eigenvalue weighted by Gasteiger charge is -2.12. The van der Waals surface area contributed by atoms with Crippen molar-refractivity contribution < 1.29 is 0 Å². The van der Waals surface area contributed by atoms with Gasteiger partial charge >= 0.3 is 0 Å². The summed E-state index contributed by atoms with van der Waals surface area (Å²) in [7, 11) is 0. The smallest absolute Gasteiger partial charge is 0.155 e. The van der Waals surface area contributed by atoms with Crippen molar-refractivity contribution >= 4 is 51.8 Å². The summed E-state index contributed by atoms with van der Waals surface area (Å²) in [6.45, 7) is 0.557. The average molecular weight is 393 g/mol. The number of benzene rings is 1. The molecular formula is C19H13ClN6S. The van der Waals surface area contributed by atoms with E-state index in [1.54, 1.807) is 12.5 Å². The van der Waals surface area contributed by atoms with Crippen LogP contribution in [0.25, 0.3) is 21.5 Å². The highest BCUT2D eigenvalue weighted by atomic mass is 35.5. The van der Waals surface area contributed by atoms with Crippen molar-refractivity contribution in [3.05, 3.63) is 59.1 Å². The van der Waals surface area contributed by atoms with Crippen molar-refractivity contribution in [2.24, 2.45) is 4.99 Å². The Balaban J connectivity index is 1.57. The Labute approximate surface area is 164 Å². The van der Waals surface area contributed by atoms with E-state index in [0.717, 1.165) is 50.7 Å². The van der Waals surface area contributed by atoms with Gasteiger partial charge < -0.3 is 5.32 Å². The fourth-order valence-electron chi connectivity index (χ4n) is 3.12. The van der Waals surface area contributed by atoms with E-state index in [1.807, 2.05) is 30.5 Å². The van der Waals surface area contributed by atoms with Crippen molar-refractivity contribution in [2.45, 2.75) is 13.0 Å². The molecule has 1 aliphatic rings. The van der Waals surface area contributed by atoms with Gasteiger partial charge in [-0.2, -0.15) is 0 Å². The van der Waals surface area contributed by atoms with Gasteiger partial charge in [-0.3, -0.25) is 4.99 Å². The number of nitrogens with one attached hydrogen (secondary N) is 1. The van der Waals surface area contributed by atoms with E-state index >= 15 is 0 Å². The van der Waals surface area contributed by atoms with Gasteiger partial charge in [0.05, 0.1) is 26.8 Å². The van der Waals surface area contributed by atoms with Gasteiger partial charge in [0.2, 0.25) is 0 Å². The van der Waals surface area contributed by atoms with E-state index in [1.165, 1.54) is 11.5 Å². The Kier molecular flexibility index (Phi) is 4.03. The van der Waals surface area contributed by atoms with Crippen LogP contribution < -0.4 is 5.32 Å². The highest BCUT2D eigenvalue weighted by Crippen LogP contribution is 2.33. The first-order valence-corrected chi connectivity index (χ1v) is 9.54. The SMILES string of the molecule is Clc1cccc2cc(CNc3ncnc4c3N=CC4)c(-c3ccns3)nc12. The maximum atomic E-state index is 6.36. The van der Waals surface area contributed by atoms with E-state index in [4.69, 9.17) is 16.6 Å². The van der Waals surface area contributed by atoms with Crippen LogP contribution in [0.1, 0.15) is 11.3 Å². The third-order valence-electron chi connectivity index (χ3n) is 4.40. The topological polar surface area (TPSA) is 76.0 Å². The third-order valence-corrected chi connectivity index (χ3v) is 5.45. The van der Waals surface area contributed by atoms with Crippen LogP contribution in [0.5, 0.6) is 0 Å². The molecule has 0 atom stereocenters. The molecule has 5 rings (SSSR count). The second-order valence-electron chi connectivity index (χ2n) is 6.07. The van der Waals surface area contributed by atoms with Gasteiger partial charge in [-0.25, -0.2) is 19.3 Å². The molecule has 0 bridgehead atoms. The predicted molar refractivity (Wildman–Crippen MR) is 109 cm³/mol. The number of anilines is 1. The molecule has 0 amide bonds. The summed E-state index contributed by atoms with van der Waals surface area (Å²) in [5, 5.41) is 5.03. The van der Waals surface area contributed by atoms with E-state index in [2.05, 4.69) is 30.7 Å². The Morgan fingerprint density at radius 3 is 3.04 bits per heavy atom. The molecule has 3 aromatic heterocycles. The first-order valence-electron chi connectivity index (χ1n) is 8.39. The van der Waals surface area contributed by atoms with Crippen LogP contribution >= 0.6 is 23.1 Å². The third kappa shape index (κ3) is 2.94. The number of pyridine rings is 1. The van der Waals surface area contributed by atoms with Crippen LogP contribution in [0.3, 0.4) is 0 Å². The van der Waals surface area contributed by atoms with Crippen LogP contribution in [-0.4, -0.2) is 25.5 Å². The molecule has 0 fully saturated rings. The Hall–Kier alpha value is -2.90. The molecule has 8 heteroatoms. The normalized spacial score (nSPS) is 12.5. The fourth-order valence-corrected chi connectivity index (χ4v) is 3.97. The largest absolute Gasteiger partial charge is 0.364 e. The molecule has 4 heterocycles. The summed E-state index contributed by atoms with van der Waals surface area (Å²) < 4.78 is 4.22. The number of rotatable bonds is 4. The maximum absolute atomic E-state index is 6.36. The van der Waals surface area contributed by atoms with Crippen molar-refractivity contribution in [1.29, 1.82) is 0 Å². The number of aliphatic imine (C=N–C) groups is 1. The van der Waals surface area contributed by atoms with Crippen molar-refractivity contribution in [3.8, 4) is 10.6 Å². The second-order valence-corrected chi connectivity index (χ2v) is 7.31. The molecule has 0 spiro atoms. The minimum atomic E-state index is 0.557. The van der Waals surface area contributed by atoms with Crippen LogP contribution in [0.4, 0.5) is 11.5 Å². The first kappa shape index (κ1) is 16.3. The van der Waals surface area contributed by atoms with Crippen molar-refractivity contribution in [1.82, 2.24) is 19.3 Å². The summed E-state index contributed by atoms with van der Waals surface area (Å²) in [5.74, 6) is 0.732. The minimum absolute atomic E-state index is 0.557. The first-order chi connectivity index (χ1) is 13.3. The number of hydrogen-bond donors (Lipinski definition) is 1. The lowest BCUT2D eigenvalue weighted by Crippen LogP contribution is -2.05.